The minimum atomic E-state index is 0.784. The van der Waals surface area contributed by atoms with Crippen LogP contribution in [0.4, 0.5) is 0 Å². The molecule has 0 unspecified atom stereocenters. The third-order valence-electron chi connectivity index (χ3n) is 2.17. The van der Waals surface area contributed by atoms with Crippen LogP contribution >= 0.6 is 0 Å². The van der Waals surface area contributed by atoms with Gasteiger partial charge in [0.25, 0.3) is 0 Å². The number of rotatable bonds is 6. The molecule has 0 aliphatic carbocycles. The lowest BCUT2D eigenvalue weighted by atomic mass is 10.2. The van der Waals surface area contributed by atoms with Crippen LogP contribution in [0.2, 0.25) is 0 Å². The molecule has 78 valence electrons. The second kappa shape index (κ2) is 6.44. The molecule has 0 amide bonds. The van der Waals surface area contributed by atoms with E-state index in [-0.39, 0.29) is 0 Å². The maximum absolute atomic E-state index is 5.57. The van der Waals surface area contributed by atoms with Crippen LogP contribution in [0.5, 0.6) is 5.75 Å². The van der Waals surface area contributed by atoms with Crippen LogP contribution < -0.4 is 10.1 Å². The van der Waals surface area contributed by atoms with Gasteiger partial charge in [0, 0.05) is 0 Å². The highest BCUT2D eigenvalue weighted by atomic mass is 16.5. The fraction of sp³-hybridized carbons (Fsp3) is 0.500. The van der Waals surface area contributed by atoms with Gasteiger partial charge in [-0.3, -0.25) is 0 Å². The van der Waals surface area contributed by atoms with E-state index >= 15 is 0 Å². The summed E-state index contributed by atoms with van der Waals surface area (Å²) in [5.41, 5.74) is 1.35. The molecule has 0 aromatic heterocycles. The molecule has 1 N–H and O–H groups in total. The Hall–Kier alpha value is -1.02. The SMILES string of the molecule is CCc1ccc(OCCCNC)cc1. The Bertz CT molecular complexity index is 243. The van der Waals surface area contributed by atoms with Crippen molar-refractivity contribution in [2.75, 3.05) is 20.2 Å². The zero-order chi connectivity index (χ0) is 10.2. The van der Waals surface area contributed by atoms with E-state index in [9.17, 15) is 0 Å². The third-order valence-corrected chi connectivity index (χ3v) is 2.17. The number of benzene rings is 1. The van der Waals surface area contributed by atoms with Crippen LogP contribution in [-0.4, -0.2) is 20.2 Å². The topological polar surface area (TPSA) is 21.3 Å². The summed E-state index contributed by atoms with van der Waals surface area (Å²) in [5, 5.41) is 3.09. The largest absolute Gasteiger partial charge is 0.494 e. The predicted octanol–water partition coefficient (Wildman–Crippen LogP) is 2.24. The average molecular weight is 193 g/mol. The molecule has 2 heteroatoms. The van der Waals surface area contributed by atoms with Crippen LogP contribution in [-0.2, 0) is 6.42 Å². The van der Waals surface area contributed by atoms with Gasteiger partial charge >= 0.3 is 0 Å². The molecule has 0 aliphatic rings. The summed E-state index contributed by atoms with van der Waals surface area (Å²) in [6.07, 6.45) is 2.13. The third kappa shape index (κ3) is 3.79. The van der Waals surface area contributed by atoms with Gasteiger partial charge in [-0.2, -0.15) is 0 Å². The van der Waals surface area contributed by atoms with E-state index in [4.69, 9.17) is 4.74 Å². The van der Waals surface area contributed by atoms with E-state index in [0.29, 0.717) is 0 Å². The van der Waals surface area contributed by atoms with Gasteiger partial charge in [0.05, 0.1) is 6.61 Å². The summed E-state index contributed by atoms with van der Waals surface area (Å²) in [6.45, 7) is 3.95. The normalized spacial score (nSPS) is 10.1. The maximum Gasteiger partial charge on any atom is 0.119 e. The van der Waals surface area contributed by atoms with Gasteiger partial charge in [0.2, 0.25) is 0 Å². The lowest BCUT2D eigenvalue weighted by molar-refractivity contribution is 0.310. The highest BCUT2D eigenvalue weighted by molar-refractivity contribution is 5.27. The van der Waals surface area contributed by atoms with Gasteiger partial charge in [-0.25, -0.2) is 0 Å². The quantitative estimate of drug-likeness (QED) is 0.700. The van der Waals surface area contributed by atoms with Crippen LogP contribution in [0.25, 0.3) is 0 Å². The van der Waals surface area contributed by atoms with Gasteiger partial charge in [0.15, 0.2) is 0 Å². The smallest absolute Gasteiger partial charge is 0.119 e. The van der Waals surface area contributed by atoms with Gasteiger partial charge in [-0.05, 0) is 44.1 Å². The van der Waals surface area contributed by atoms with Crippen molar-refractivity contribution in [2.24, 2.45) is 0 Å². The predicted molar refractivity (Wildman–Crippen MR) is 59.9 cm³/mol. The highest BCUT2D eigenvalue weighted by Crippen LogP contribution is 2.12. The van der Waals surface area contributed by atoms with Crippen LogP contribution in [0.1, 0.15) is 18.9 Å². The first-order valence-electron chi connectivity index (χ1n) is 5.23. The average Bonchev–Trinajstić information content (AvgIpc) is 2.25. The molecule has 1 rings (SSSR count). The van der Waals surface area contributed by atoms with Gasteiger partial charge in [-0.1, -0.05) is 19.1 Å². The first kappa shape index (κ1) is 11.1. The second-order valence-electron chi connectivity index (χ2n) is 3.30. The molecule has 0 atom stereocenters. The fourth-order valence-electron chi connectivity index (χ4n) is 1.26. The Balaban J connectivity index is 2.29. The molecule has 0 aliphatic heterocycles. The molecule has 0 saturated heterocycles. The van der Waals surface area contributed by atoms with Crippen LogP contribution in [0.15, 0.2) is 24.3 Å². The standard InChI is InChI=1S/C12H19NO/c1-3-11-5-7-12(8-6-11)14-10-4-9-13-2/h5-8,13H,3-4,9-10H2,1-2H3. The Kier molecular flexibility index (Phi) is 5.08. The molecule has 1 aromatic carbocycles. The first-order valence-corrected chi connectivity index (χ1v) is 5.23. The Morgan fingerprint density at radius 2 is 1.93 bits per heavy atom. The molecule has 0 radical (unpaired) electrons. The minimum Gasteiger partial charge on any atom is -0.494 e. The lowest BCUT2D eigenvalue weighted by Crippen LogP contribution is -2.11. The number of hydrogen-bond donors (Lipinski definition) is 1. The molecule has 0 spiro atoms. The van der Waals surface area contributed by atoms with Crippen molar-refractivity contribution in [1.29, 1.82) is 0 Å². The monoisotopic (exact) mass is 193 g/mol. The van der Waals surface area contributed by atoms with Crippen molar-refractivity contribution in [2.45, 2.75) is 19.8 Å². The van der Waals surface area contributed by atoms with Gasteiger partial charge in [-0.15, -0.1) is 0 Å². The van der Waals surface area contributed by atoms with Crippen molar-refractivity contribution in [3.05, 3.63) is 29.8 Å². The molecule has 14 heavy (non-hydrogen) atoms. The second-order valence-corrected chi connectivity index (χ2v) is 3.30. The fourth-order valence-corrected chi connectivity index (χ4v) is 1.26. The maximum atomic E-state index is 5.57. The van der Waals surface area contributed by atoms with Gasteiger partial charge in [0.1, 0.15) is 5.75 Å². The zero-order valence-electron chi connectivity index (χ0n) is 9.05. The van der Waals surface area contributed by atoms with Gasteiger partial charge < -0.3 is 10.1 Å². The minimum absolute atomic E-state index is 0.784. The van der Waals surface area contributed by atoms with Crippen LogP contribution in [0.3, 0.4) is 0 Å². The summed E-state index contributed by atoms with van der Waals surface area (Å²) >= 11 is 0. The molecule has 1 aromatic rings. The van der Waals surface area contributed by atoms with E-state index in [1.165, 1.54) is 5.56 Å². The molecule has 0 heterocycles. The van der Waals surface area contributed by atoms with Crippen LogP contribution in [0, 0.1) is 0 Å². The van der Waals surface area contributed by atoms with Crippen molar-refractivity contribution >= 4 is 0 Å². The molecule has 0 saturated carbocycles. The van der Waals surface area contributed by atoms with Crippen molar-refractivity contribution in [1.82, 2.24) is 5.32 Å². The number of aryl methyl sites for hydroxylation is 1. The van der Waals surface area contributed by atoms with Crippen molar-refractivity contribution < 1.29 is 4.74 Å². The van der Waals surface area contributed by atoms with Crippen molar-refractivity contribution in [3.8, 4) is 5.75 Å². The molecule has 2 nitrogen and oxygen atoms in total. The number of hydrogen-bond acceptors (Lipinski definition) is 2. The van der Waals surface area contributed by atoms with E-state index in [1.807, 2.05) is 19.2 Å². The molecular weight excluding hydrogens is 174 g/mol. The Morgan fingerprint density at radius 3 is 2.50 bits per heavy atom. The molecular formula is C12H19NO. The lowest BCUT2D eigenvalue weighted by Gasteiger charge is -2.06. The number of ether oxygens (including phenoxy) is 1. The molecule has 0 bridgehead atoms. The molecule has 0 fully saturated rings. The highest BCUT2D eigenvalue weighted by Gasteiger charge is 1.93. The summed E-state index contributed by atoms with van der Waals surface area (Å²) in [6, 6.07) is 8.32. The summed E-state index contributed by atoms with van der Waals surface area (Å²) in [4.78, 5) is 0. The van der Waals surface area contributed by atoms with E-state index < -0.39 is 0 Å². The van der Waals surface area contributed by atoms with E-state index in [2.05, 4.69) is 24.4 Å². The Morgan fingerprint density at radius 1 is 1.21 bits per heavy atom. The summed E-state index contributed by atoms with van der Waals surface area (Å²) in [5.74, 6) is 0.971. The van der Waals surface area contributed by atoms with E-state index in [0.717, 1.165) is 31.7 Å². The zero-order valence-corrected chi connectivity index (χ0v) is 9.05. The summed E-state index contributed by atoms with van der Waals surface area (Å²) in [7, 11) is 1.95. The first-order chi connectivity index (χ1) is 6.86. The van der Waals surface area contributed by atoms with E-state index in [1.54, 1.807) is 0 Å². The Labute approximate surface area is 86.3 Å². The number of nitrogens with one attached hydrogen (secondary N) is 1. The van der Waals surface area contributed by atoms with Crippen molar-refractivity contribution in [3.63, 3.8) is 0 Å². The summed E-state index contributed by atoms with van der Waals surface area (Å²) < 4.78 is 5.57.